The number of amides is 3. The molecule has 3 amide bonds. The van der Waals surface area contributed by atoms with Gasteiger partial charge in [0.05, 0.1) is 0 Å². The van der Waals surface area contributed by atoms with E-state index < -0.39 is 0 Å². The Morgan fingerprint density at radius 2 is 0.714 bits per heavy atom. The zero-order valence-electron chi connectivity index (χ0n) is 60.4. The summed E-state index contributed by atoms with van der Waals surface area (Å²) in [5.41, 5.74) is 13.3. The van der Waals surface area contributed by atoms with Gasteiger partial charge < -0.3 is 44.4 Å². The zero-order chi connectivity index (χ0) is 72.4. The van der Waals surface area contributed by atoms with Crippen LogP contribution < -0.4 is 16.0 Å². The van der Waals surface area contributed by atoms with Crippen molar-refractivity contribution >= 4 is 50.4 Å². The van der Waals surface area contributed by atoms with Crippen LogP contribution in [0.25, 0.3) is 32.7 Å². The highest BCUT2D eigenvalue weighted by Gasteiger charge is 2.30. The maximum absolute atomic E-state index is 13.6. The quantitative estimate of drug-likeness (QED) is 0.0583. The fourth-order valence-corrected chi connectivity index (χ4v) is 15.0. The van der Waals surface area contributed by atoms with Gasteiger partial charge in [0.1, 0.15) is 34.5 Å². The summed E-state index contributed by atoms with van der Waals surface area (Å²) in [5, 5.41) is 14.0. The predicted molar refractivity (Wildman–Crippen MR) is 417 cm³/mol. The molecule has 1 atom stereocenters. The Morgan fingerprint density at radius 1 is 0.381 bits per heavy atom. The second kappa shape index (κ2) is 35.4. The van der Waals surface area contributed by atoms with E-state index in [-0.39, 0.29) is 35.2 Å². The van der Waals surface area contributed by atoms with Gasteiger partial charge in [-0.2, -0.15) is 0 Å². The lowest BCUT2D eigenvalue weighted by atomic mass is 9.96. The number of halogens is 3. The van der Waals surface area contributed by atoms with Gasteiger partial charge in [-0.15, -0.1) is 0 Å². The molecular weight excluding hydrogens is 1310 g/mol. The standard InChI is InChI=1S/C31H34FN3O.C30H32FN3O.C29H30FN3O/c1-23-6-8-24(9-7-23)14-17-33-21-25-15-18-34(19-16-25)31(36)30-20-27-4-2-3-5-29(27)35(30)22-26-10-12-28(32)13-11-26;1-22(25-7-3-2-4-8-25)32-20-23-15-17-33(18-16-23)30(35)29-19-26-9-5-6-10-28(26)34(29)21-24-11-13-27(31)14-12-24;30-26-12-10-24(11-13-26)21-33-27-9-5-4-8-25(27)18-28(33)29(34)32-16-14-23(15-17-32)20-31-19-22-6-2-1-3-7-22/h2-13,20,25,33H,14-19,21-22H2,1H3;2-14,19,22-23,32H,15-18,20-21H2,1H3;1-13,18,23,31H,14-17,19-21H2/t;22-;/m.1./s1. The Labute approximate surface area is 615 Å². The molecule has 3 N–H and O–H groups in total. The molecule has 12 nitrogen and oxygen atoms in total. The van der Waals surface area contributed by atoms with Gasteiger partial charge in [0.15, 0.2) is 0 Å². The number of aryl methyl sites for hydroxylation is 1. The van der Waals surface area contributed by atoms with Crippen LogP contribution in [-0.4, -0.2) is 112 Å². The molecule has 3 aliphatic rings. The number of nitrogens with one attached hydrogen (secondary N) is 3. The number of nitrogens with zero attached hydrogens (tertiary/aromatic N) is 6. The summed E-state index contributed by atoms with van der Waals surface area (Å²) in [6.45, 7) is 15.4. The fourth-order valence-electron chi connectivity index (χ4n) is 15.0. The van der Waals surface area contributed by atoms with Gasteiger partial charge in [-0.25, -0.2) is 13.2 Å². The molecule has 105 heavy (non-hydrogen) atoms. The van der Waals surface area contributed by atoms with Crippen molar-refractivity contribution in [1.29, 1.82) is 0 Å². The molecule has 3 aliphatic heterocycles. The van der Waals surface area contributed by atoms with Gasteiger partial charge in [0.25, 0.3) is 17.7 Å². The van der Waals surface area contributed by atoms with Crippen molar-refractivity contribution in [1.82, 2.24) is 44.4 Å². The second-order valence-corrected chi connectivity index (χ2v) is 28.7. The number of para-hydroxylation sites is 3. The maximum atomic E-state index is 13.6. The number of benzene rings is 9. The van der Waals surface area contributed by atoms with E-state index in [0.717, 1.165) is 166 Å². The summed E-state index contributed by atoms with van der Waals surface area (Å²) >= 11 is 0. The molecule has 0 spiro atoms. The Hall–Kier alpha value is -10.3. The summed E-state index contributed by atoms with van der Waals surface area (Å²) in [6.07, 6.45) is 7.08. The van der Waals surface area contributed by atoms with Gasteiger partial charge in [0, 0.05) is 104 Å². The first-order chi connectivity index (χ1) is 51.3. The van der Waals surface area contributed by atoms with Crippen molar-refractivity contribution in [2.75, 3.05) is 65.4 Å². The first kappa shape index (κ1) is 73.0. The summed E-state index contributed by atoms with van der Waals surface area (Å²) in [7, 11) is 0. The topological polar surface area (TPSA) is 112 Å². The monoisotopic (exact) mass is 1410 g/mol. The molecule has 6 heterocycles. The molecule has 9 aromatic carbocycles. The average molecular weight is 1410 g/mol. The molecule has 0 aliphatic carbocycles. The van der Waals surface area contributed by atoms with Crippen molar-refractivity contribution in [3.63, 3.8) is 0 Å². The number of hydrogen-bond acceptors (Lipinski definition) is 6. The van der Waals surface area contributed by atoms with Crippen LogP contribution in [0.1, 0.15) is 122 Å². The van der Waals surface area contributed by atoms with Crippen LogP contribution in [0.15, 0.2) is 249 Å². The minimum Gasteiger partial charge on any atom is -0.337 e. The fraction of sp³-hybridized carbons (Fsp3) is 0.300. The molecule has 15 rings (SSSR count). The molecule has 0 unspecified atom stereocenters. The third-order valence-electron chi connectivity index (χ3n) is 21.3. The van der Waals surface area contributed by atoms with Crippen LogP contribution in [0.5, 0.6) is 0 Å². The molecule has 12 aromatic rings. The van der Waals surface area contributed by atoms with E-state index in [9.17, 15) is 27.6 Å². The zero-order valence-corrected chi connectivity index (χ0v) is 60.4. The van der Waals surface area contributed by atoms with Gasteiger partial charge in [-0.3, -0.25) is 14.4 Å². The van der Waals surface area contributed by atoms with Gasteiger partial charge in [-0.1, -0.05) is 181 Å². The SMILES string of the molecule is C[C@@H](NCC1CCN(C(=O)c2cc3ccccc3n2Cc2ccc(F)cc2)CC1)c1ccccc1.Cc1ccc(CCNCC2CCN(C(=O)c3cc4ccccc4n3Cc3ccc(F)cc3)CC2)cc1.O=C(c1cc2ccccc2n1Cc1ccc(F)cc1)N1CCC(CNCc2ccccc2)CC1. The molecule has 0 bridgehead atoms. The van der Waals surface area contributed by atoms with E-state index in [1.807, 2.05) is 118 Å². The van der Waals surface area contributed by atoms with Crippen LogP contribution in [0.3, 0.4) is 0 Å². The van der Waals surface area contributed by atoms with Crippen molar-refractivity contribution in [3.8, 4) is 0 Å². The Kier molecular flexibility index (Phi) is 24.6. The first-order valence-corrected chi connectivity index (χ1v) is 37.5. The van der Waals surface area contributed by atoms with E-state index in [1.54, 1.807) is 36.4 Å². The number of fused-ring (bicyclic) bond motifs is 3. The summed E-state index contributed by atoms with van der Waals surface area (Å²) < 4.78 is 46.4. The normalized spacial score (nSPS) is 14.8. The van der Waals surface area contributed by atoms with Gasteiger partial charge in [-0.05, 0) is 209 Å². The molecular formula is C90H96F3N9O3. The minimum absolute atomic E-state index is 0.0763. The molecule has 3 saturated heterocycles. The smallest absolute Gasteiger partial charge is 0.270 e. The van der Waals surface area contributed by atoms with Crippen molar-refractivity contribution in [2.24, 2.45) is 17.8 Å². The molecule has 0 radical (unpaired) electrons. The van der Waals surface area contributed by atoms with Gasteiger partial charge >= 0.3 is 0 Å². The van der Waals surface area contributed by atoms with E-state index in [1.165, 1.54) is 58.7 Å². The van der Waals surface area contributed by atoms with Crippen molar-refractivity contribution in [3.05, 3.63) is 322 Å². The Morgan fingerprint density at radius 3 is 1.10 bits per heavy atom. The van der Waals surface area contributed by atoms with Crippen LogP contribution in [0, 0.1) is 42.1 Å². The molecule has 3 fully saturated rings. The molecule has 540 valence electrons. The number of carbonyl (C=O) groups is 3. The lowest BCUT2D eigenvalue weighted by Crippen LogP contribution is -2.41. The largest absolute Gasteiger partial charge is 0.337 e. The Bertz CT molecular complexity index is 4780. The second-order valence-electron chi connectivity index (χ2n) is 28.7. The van der Waals surface area contributed by atoms with E-state index >= 15 is 0 Å². The Balaban J connectivity index is 0.000000140. The highest BCUT2D eigenvalue weighted by atomic mass is 19.1. The number of aromatic nitrogens is 3. The highest BCUT2D eigenvalue weighted by molar-refractivity contribution is 6.01. The van der Waals surface area contributed by atoms with Crippen LogP contribution >= 0.6 is 0 Å². The minimum atomic E-state index is -0.252. The first-order valence-electron chi connectivity index (χ1n) is 37.5. The third-order valence-corrected chi connectivity index (χ3v) is 21.3. The number of likely N-dealkylation sites (tertiary alicyclic amines) is 3. The number of rotatable bonds is 22. The third kappa shape index (κ3) is 19.2. The van der Waals surface area contributed by atoms with E-state index in [2.05, 4.69) is 116 Å². The van der Waals surface area contributed by atoms with Crippen LogP contribution in [0.4, 0.5) is 13.2 Å². The van der Waals surface area contributed by atoms with Crippen LogP contribution in [0.2, 0.25) is 0 Å². The number of piperidine rings is 3. The van der Waals surface area contributed by atoms with Crippen molar-refractivity contribution < 1.29 is 27.6 Å². The lowest BCUT2D eigenvalue weighted by molar-refractivity contribution is 0.0672. The average Bonchev–Trinajstić information content (AvgIpc) is 1.65. The molecule has 15 heteroatoms. The summed E-state index contributed by atoms with van der Waals surface area (Å²) in [6, 6.07) is 79.8. The van der Waals surface area contributed by atoms with E-state index in [4.69, 9.17) is 0 Å². The summed E-state index contributed by atoms with van der Waals surface area (Å²) in [4.78, 5) is 46.8. The maximum Gasteiger partial charge on any atom is 0.270 e. The van der Waals surface area contributed by atoms with Crippen molar-refractivity contribution in [2.45, 2.75) is 91.0 Å². The molecule has 0 saturated carbocycles. The van der Waals surface area contributed by atoms with Gasteiger partial charge in [0.2, 0.25) is 0 Å². The molecule has 3 aromatic heterocycles. The highest BCUT2D eigenvalue weighted by Crippen LogP contribution is 2.30. The van der Waals surface area contributed by atoms with Crippen LogP contribution in [-0.2, 0) is 32.6 Å². The number of carbonyl (C=O) groups excluding carboxylic acids is 3. The number of hydrogen-bond donors (Lipinski definition) is 3. The lowest BCUT2D eigenvalue weighted by Gasteiger charge is -2.33. The summed E-state index contributed by atoms with van der Waals surface area (Å²) in [5.74, 6) is 1.22. The van der Waals surface area contributed by atoms with E-state index in [0.29, 0.717) is 60.5 Å². The predicted octanol–water partition coefficient (Wildman–Crippen LogP) is 17.3.